The number of amides is 1. The molecule has 2 aromatic rings. The molecule has 1 amide bonds. The lowest BCUT2D eigenvalue weighted by Gasteiger charge is -2.26. The molecule has 0 saturated carbocycles. The monoisotopic (exact) mass is 427 g/mol. The highest BCUT2D eigenvalue weighted by Crippen LogP contribution is 2.39. The van der Waals surface area contributed by atoms with Gasteiger partial charge < -0.3 is 14.7 Å². The van der Waals surface area contributed by atoms with Gasteiger partial charge in [0.15, 0.2) is 0 Å². The quantitative estimate of drug-likeness (QED) is 0.393. The van der Waals surface area contributed by atoms with Crippen LogP contribution in [0.3, 0.4) is 0 Å². The fourth-order valence-corrected chi connectivity index (χ4v) is 3.76. The van der Waals surface area contributed by atoms with Gasteiger partial charge in [0.1, 0.15) is 5.76 Å². The molecule has 0 bridgehead atoms. The molecule has 0 aromatic heterocycles. The van der Waals surface area contributed by atoms with Gasteiger partial charge in [-0.1, -0.05) is 54.9 Å². The Bertz CT molecular complexity index is 965. The third kappa shape index (κ3) is 4.58. The molecular weight excluding hydrogens is 402 g/mol. The summed E-state index contributed by atoms with van der Waals surface area (Å²) < 4.78 is 5.60. The highest BCUT2D eigenvalue weighted by Gasteiger charge is 2.45. The van der Waals surface area contributed by atoms with Crippen molar-refractivity contribution in [3.63, 3.8) is 0 Å². The molecule has 1 atom stereocenters. The second kappa shape index (κ2) is 9.45. The molecule has 1 saturated heterocycles. The maximum absolute atomic E-state index is 12.9. The first-order chi connectivity index (χ1) is 14.3. The van der Waals surface area contributed by atoms with E-state index in [0.717, 1.165) is 17.5 Å². The van der Waals surface area contributed by atoms with Crippen molar-refractivity contribution in [1.82, 2.24) is 4.90 Å². The Kier molecular flexibility index (Phi) is 6.95. The van der Waals surface area contributed by atoms with E-state index in [4.69, 9.17) is 16.3 Å². The van der Waals surface area contributed by atoms with Crippen molar-refractivity contribution in [2.24, 2.45) is 0 Å². The first kappa shape index (κ1) is 22.1. The second-order valence-electron chi connectivity index (χ2n) is 7.52. The van der Waals surface area contributed by atoms with E-state index in [1.165, 1.54) is 4.90 Å². The number of benzene rings is 2. The lowest BCUT2D eigenvalue weighted by Crippen LogP contribution is -2.33. The number of ketones is 1. The number of carbonyl (C=O) groups excluding carboxylic acids is 2. The standard InChI is InChI=1S/C24H26ClNO4/c1-4-16-8-10-17(11-9-16)21-20(22(27)18-6-5-7-19(25)14-18)23(28)24(29)26(21)12-13-30-15(2)3/h5-11,14-15,21,27H,4,12-13H2,1-3H3/b22-20-. The summed E-state index contributed by atoms with van der Waals surface area (Å²) in [7, 11) is 0. The third-order valence-electron chi connectivity index (χ3n) is 5.13. The third-order valence-corrected chi connectivity index (χ3v) is 5.36. The number of hydrogen-bond acceptors (Lipinski definition) is 4. The van der Waals surface area contributed by atoms with Crippen LogP contribution in [0, 0.1) is 0 Å². The Hall–Kier alpha value is -2.63. The highest BCUT2D eigenvalue weighted by atomic mass is 35.5. The van der Waals surface area contributed by atoms with Gasteiger partial charge in [0.2, 0.25) is 0 Å². The number of hydrogen-bond donors (Lipinski definition) is 1. The molecule has 6 heteroatoms. The molecule has 1 aliphatic heterocycles. The van der Waals surface area contributed by atoms with Crippen LogP contribution in [0.2, 0.25) is 5.02 Å². The van der Waals surface area contributed by atoms with Crippen molar-refractivity contribution < 1.29 is 19.4 Å². The summed E-state index contributed by atoms with van der Waals surface area (Å²) in [6.07, 6.45) is 0.890. The van der Waals surface area contributed by atoms with Gasteiger partial charge in [0.05, 0.1) is 24.3 Å². The molecule has 1 unspecified atom stereocenters. The lowest BCUT2D eigenvalue weighted by molar-refractivity contribution is -0.140. The van der Waals surface area contributed by atoms with E-state index in [-0.39, 0.29) is 24.0 Å². The Morgan fingerprint density at radius 2 is 1.87 bits per heavy atom. The number of carbonyl (C=O) groups is 2. The number of aliphatic hydroxyl groups excluding tert-OH is 1. The van der Waals surface area contributed by atoms with E-state index in [1.54, 1.807) is 24.3 Å². The number of Topliss-reactive ketones (excluding diaryl/α,β-unsaturated/α-hetero) is 1. The molecule has 158 valence electrons. The highest BCUT2D eigenvalue weighted by molar-refractivity contribution is 6.46. The molecule has 2 aromatic carbocycles. The number of likely N-dealkylation sites (tertiary alicyclic amines) is 1. The summed E-state index contributed by atoms with van der Waals surface area (Å²) in [5.41, 5.74) is 2.37. The molecule has 0 spiro atoms. The van der Waals surface area contributed by atoms with Crippen LogP contribution < -0.4 is 0 Å². The molecule has 3 rings (SSSR count). The van der Waals surface area contributed by atoms with Gasteiger partial charge in [-0.3, -0.25) is 9.59 Å². The van der Waals surface area contributed by atoms with Crippen LogP contribution in [0.25, 0.3) is 5.76 Å². The SMILES string of the molecule is CCc1ccc(C2/C(=C(/O)c3cccc(Cl)c3)C(=O)C(=O)N2CCOC(C)C)cc1. The lowest BCUT2D eigenvalue weighted by atomic mass is 9.94. The van der Waals surface area contributed by atoms with Crippen molar-refractivity contribution in [3.8, 4) is 0 Å². The minimum absolute atomic E-state index is 0.00979. The largest absolute Gasteiger partial charge is 0.507 e. The van der Waals surface area contributed by atoms with Crippen LogP contribution in [0.4, 0.5) is 0 Å². The summed E-state index contributed by atoms with van der Waals surface area (Å²) in [5, 5.41) is 11.4. The van der Waals surface area contributed by atoms with E-state index in [1.807, 2.05) is 38.1 Å². The molecular formula is C24H26ClNO4. The Morgan fingerprint density at radius 3 is 2.47 bits per heavy atom. The van der Waals surface area contributed by atoms with Crippen molar-refractivity contribution in [2.45, 2.75) is 39.3 Å². The molecule has 30 heavy (non-hydrogen) atoms. The fraction of sp³-hybridized carbons (Fsp3) is 0.333. The van der Waals surface area contributed by atoms with Gasteiger partial charge in [-0.15, -0.1) is 0 Å². The maximum Gasteiger partial charge on any atom is 0.295 e. The molecule has 0 aliphatic carbocycles. The van der Waals surface area contributed by atoms with E-state index < -0.39 is 17.7 Å². The Labute approximate surface area is 181 Å². The van der Waals surface area contributed by atoms with E-state index in [2.05, 4.69) is 6.92 Å². The summed E-state index contributed by atoms with van der Waals surface area (Å²) in [6.45, 7) is 6.42. The average Bonchev–Trinajstić information content (AvgIpc) is 2.98. The van der Waals surface area contributed by atoms with Gasteiger partial charge in [0, 0.05) is 17.1 Å². The zero-order valence-electron chi connectivity index (χ0n) is 17.4. The Morgan fingerprint density at radius 1 is 1.17 bits per heavy atom. The van der Waals surface area contributed by atoms with Gasteiger partial charge in [0.25, 0.3) is 11.7 Å². The Balaban J connectivity index is 2.09. The fourth-order valence-electron chi connectivity index (χ4n) is 3.57. The number of halogens is 1. The topological polar surface area (TPSA) is 66.8 Å². The molecule has 0 radical (unpaired) electrons. The first-order valence-corrected chi connectivity index (χ1v) is 10.5. The average molecular weight is 428 g/mol. The minimum Gasteiger partial charge on any atom is -0.507 e. The first-order valence-electron chi connectivity index (χ1n) is 10.1. The predicted octanol–water partition coefficient (Wildman–Crippen LogP) is 4.75. The summed E-state index contributed by atoms with van der Waals surface area (Å²) >= 11 is 6.06. The number of aliphatic hydroxyl groups is 1. The molecule has 1 aliphatic rings. The van der Waals surface area contributed by atoms with Gasteiger partial charge in [-0.25, -0.2) is 0 Å². The van der Waals surface area contributed by atoms with Crippen LogP contribution in [-0.2, 0) is 20.7 Å². The van der Waals surface area contributed by atoms with Gasteiger partial charge >= 0.3 is 0 Å². The summed E-state index contributed by atoms with van der Waals surface area (Å²) in [5.74, 6) is -1.58. The van der Waals surface area contributed by atoms with Crippen LogP contribution in [-0.4, -0.2) is 41.0 Å². The minimum atomic E-state index is -0.707. The maximum atomic E-state index is 12.9. The smallest absolute Gasteiger partial charge is 0.295 e. The van der Waals surface area contributed by atoms with Crippen molar-refractivity contribution >= 4 is 29.1 Å². The van der Waals surface area contributed by atoms with E-state index in [0.29, 0.717) is 17.2 Å². The molecule has 1 N–H and O–H groups in total. The van der Waals surface area contributed by atoms with Gasteiger partial charge in [-0.05, 0) is 43.5 Å². The van der Waals surface area contributed by atoms with Crippen molar-refractivity contribution in [1.29, 1.82) is 0 Å². The zero-order valence-corrected chi connectivity index (χ0v) is 18.1. The van der Waals surface area contributed by atoms with Crippen LogP contribution in [0.1, 0.15) is 43.5 Å². The molecule has 1 fully saturated rings. The van der Waals surface area contributed by atoms with Crippen LogP contribution in [0.15, 0.2) is 54.1 Å². The zero-order chi connectivity index (χ0) is 21.8. The number of ether oxygens (including phenoxy) is 1. The second-order valence-corrected chi connectivity index (χ2v) is 7.95. The summed E-state index contributed by atoms with van der Waals surface area (Å²) in [4.78, 5) is 27.3. The van der Waals surface area contributed by atoms with E-state index >= 15 is 0 Å². The number of aryl methyl sites for hydroxylation is 1. The predicted molar refractivity (Wildman–Crippen MR) is 117 cm³/mol. The van der Waals surface area contributed by atoms with Crippen molar-refractivity contribution in [3.05, 3.63) is 75.8 Å². The van der Waals surface area contributed by atoms with Gasteiger partial charge in [-0.2, -0.15) is 0 Å². The molecule has 5 nitrogen and oxygen atoms in total. The number of nitrogens with zero attached hydrogens (tertiary/aromatic N) is 1. The number of rotatable bonds is 7. The van der Waals surface area contributed by atoms with Crippen molar-refractivity contribution in [2.75, 3.05) is 13.2 Å². The summed E-state index contributed by atoms with van der Waals surface area (Å²) in [6, 6.07) is 13.7. The van der Waals surface area contributed by atoms with Crippen LogP contribution >= 0.6 is 11.6 Å². The van der Waals surface area contributed by atoms with Crippen LogP contribution in [0.5, 0.6) is 0 Å². The van der Waals surface area contributed by atoms with E-state index in [9.17, 15) is 14.7 Å². The molecule has 1 heterocycles. The normalized spacial score (nSPS) is 18.4.